The fourth-order valence-electron chi connectivity index (χ4n) is 3.78. The molecule has 0 aliphatic carbocycles. The molecule has 1 aliphatic heterocycles. The van der Waals surface area contributed by atoms with Crippen molar-refractivity contribution in [2.24, 2.45) is 0 Å². The second kappa shape index (κ2) is 7.65. The van der Waals surface area contributed by atoms with Crippen LogP contribution in [-0.4, -0.2) is 30.7 Å². The van der Waals surface area contributed by atoms with E-state index in [1.54, 1.807) is 24.3 Å². The molecule has 0 radical (unpaired) electrons. The Morgan fingerprint density at radius 3 is 2.25 bits per heavy atom. The van der Waals surface area contributed by atoms with Gasteiger partial charge >= 0.3 is 0 Å². The van der Waals surface area contributed by atoms with Gasteiger partial charge in [0.15, 0.2) is 0 Å². The molecule has 1 fully saturated rings. The molecule has 0 saturated carbocycles. The van der Waals surface area contributed by atoms with E-state index in [0.717, 1.165) is 32.0 Å². The third-order valence-electron chi connectivity index (χ3n) is 5.20. The van der Waals surface area contributed by atoms with Crippen LogP contribution >= 0.6 is 0 Å². The average Bonchev–Trinajstić information content (AvgIpc) is 3.05. The Morgan fingerprint density at radius 2 is 1.57 bits per heavy atom. The van der Waals surface area contributed by atoms with Gasteiger partial charge in [0.05, 0.1) is 12.2 Å². The maximum absolute atomic E-state index is 14.2. The number of rotatable bonds is 4. The van der Waals surface area contributed by atoms with Gasteiger partial charge in [0.1, 0.15) is 23.4 Å². The van der Waals surface area contributed by atoms with Crippen LogP contribution in [0.2, 0.25) is 0 Å². The van der Waals surface area contributed by atoms with E-state index < -0.39 is 0 Å². The van der Waals surface area contributed by atoms with E-state index in [1.807, 2.05) is 22.8 Å². The maximum atomic E-state index is 14.2. The first kappa shape index (κ1) is 17.9. The summed E-state index contributed by atoms with van der Waals surface area (Å²) in [5, 5.41) is 9.55. The molecule has 0 bridgehead atoms. The van der Waals surface area contributed by atoms with Crippen LogP contribution in [0.5, 0.6) is 0 Å². The van der Waals surface area contributed by atoms with Crippen molar-refractivity contribution in [3.63, 3.8) is 0 Å². The largest absolute Gasteiger partial charge is 0.396 e. The molecule has 0 unspecified atom stereocenters. The predicted molar refractivity (Wildman–Crippen MR) is 110 cm³/mol. The SMILES string of the molecule is N#Cc1cc(N)c(N2CCN(c3ccccc3)CC2)n1Cc1ccccc1F. The van der Waals surface area contributed by atoms with Crippen molar-refractivity contribution in [2.75, 3.05) is 41.7 Å². The summed E-state index contributed by atoms with van der Waals surface area (Å²) in [6.07, 6.45) is 0. The van der Waals surface area contributed by atoms with E-state index in [2.05, 4.69) is 28.0 Å². The Kier molecular flexibility index (Phi) is 4.90. The van der Waals surface area contributed by atoms with Gasteiger partial charge in [-0.3, -0.25) is 0 Å². The van der Waals surface area contributed by atoms with Crippen LogP contribution in [0.3, 0.4) is 0 Å². The minimum Gasteiger partial charge on any atom is -0.396 e. The Morgan fingerprint density at radius 1 is 0.929 bits per heavy atom. The predicted octanol–water partition coefficient (Wildman–Crippen LogP) is 3.46. The fraction of sp³-hybridized carbons (Fsp3) is 0.227. The zero-order valence-electron chi connectivity index (χ0n) is 15.6. The standard InChI is InChI=1S/C22H22FN5/c23-20-9-5-4-6-17(20)16-28-19(15-24)14-21(25)22(28)27-12-10-26(11-13-27)18-7-2-1-3-8-18/h1-9,14H,10-13,16,25H2. The lowest BCUT2D eigenvalue weighted by Crippen LogP contribution is -2.47. The molecule has 0 amide bonds. The van der Waals surface area contributed by atoms with E-state index in [1.165, 1.54) is 11.8 Å². The van der Waals surface area contributed by atoms with Crippen LogP contribution in [0, 0.1) is 17.1 Å². The Hall–Kier alpha value is -3.46. The second-order valence-electron chi connectivity index (χ2n) is 6.91. The Labute approximate surface area is 164 Å². The molecule has 6 heteroatoms. The molecular formula is C22H22FN5. The van der Waals surface area contributed by atoms with E-state index >= 15 is 0 Å². The Balaban J connectivity index is 1.59. The number of nitrogen functional groups attached to an aromatic ring is 1. The van der Waals surface area contributed by atoms with Gasteiger partial charge in [0.25, 0.3) is 0 Å². The van der Waals surface area contributed by atoms with E-state index in [4.69, 9.17) is 5.73 Å². The van der Waals surface area contributed by atoms with Gasteiger partial charge in [0.2, 0.25) is 0 Å². The summed E-state index contributed by atoms with van der Waals surface area (Å²) in [6.45, 7) is 3.56. The fourth-order valence-corrected chi connectivity index (χ4v) is 3.78. The number of anilines is 3. The molecule has 28 heavy (non-hydrogen) atoms. The first-order chi connectivity index (χ1) is 13.7. The van der Waals surface area contributed by atoms with Gasteiger partial charge in [-0.15, -0.1) is 0 Å². The second-order valence-corrected chi connectivity index (χ2v) is 6.91. The molecule has 1 aromatic heterocycles. The molecule has 142 valence electrons. The zero-order chi connectivity index (χ0) is 19.5. The molecule has 2 N–H and O–H groups in total. The van der Waals surface area contributed by atoms with Crippen LogP contribution in [0.15, 0.2) is 60.7 Å². The van der Waals surface area contributed by atoms with Crippen LogP contribution in [0.4, 0.5) is 21.6 Å². The summed E-state index contributed by atoms with van der Waals surface area (Å²) in [6, 6.07) is 20.8. The summed E-state index contributed by atoms with van der Waals surface area (Å²) in [5.74, 6) is 0.519. The monoisotopic (exact) mass is 375 g/mol. The molecule has 2 aromatic carbocycles. The number of hydrogen-bond acceptors (Lipinski definition) is 4. The molecule has 2 heterocycles. The highest BCUT2D eigenvalue weighted by Gasteiger charge is 2.24. The minimum atomic E-state index is -0.279. The van der Waals surface area contributed by atoms with Crippen molar-refractivity contribution in [1.82, 2.24) is 4.57 Å². The summed E-state index contributed by atoms with van der Waals surface area (Å²) in [5.41, 5.74) is 9.01. The van der Waals surface area contributed by atoms with Crippen molar-refractivity contribution in [1.29, 1.82) is 5.26 Å². The molecule has 4 rings (SSSR count). The normalized spacial score (nSPS) is 14.1. The first-order valence-corrected chi connectivity index (χ1v) is 9.35. The number of hydrogen-bond donors (Lipinski definition) is 1. The number of nitriles is 1. The highest BCUT2D eigenvalue weighted by molar-refractivity contribution is 5.69. The molecule has 0 atom stereocenters. The minimum absolute atomic E-state index is 0.279. The van der Waals surface area contributed by atoms with Gasteiger partial charge in [-0.2, -0.15) is 5.26 Å². The van der Waals surface area contributed by atoms with Gasteiger partial charge in [0, 0.05) is 37.4 Å². The molecule has 1 saturated heterocycles. The van der Waals surface area contributed by atoms with Gasteiger partial charge in [-0.1, -0.05) is 36.4 Å². The third kappa shape index (κ3) is 3.39. The van der Waals surface area contributed by atoms with Crippen molar-refractivity contribution >= 4 is 17.2 Å². The van der Waals surface area contributed by atoms with Crippen LogP contribution in [0.1, 0.15) is 11.3 Å². The number of nitrogens with two attached hydrogens (primary N) is 1. The number of halogens is 1. The number of piperazine rings is 1. The highest BCUT2D eigenvalue weighted by atomic mass is 19.1. The van der Waals surface area contributed by atoms with Crippen LogP contribution in [-0.2, 0) is 6.54 Å². The van der Waals surface area contributed by atoms with Crippen LogP contribution < -0.4 is 15.5 Å². The van der Waals surface area contributed by atoms with E-state index in [9.17, 15) is 9.65 Å². The topological polar surface area (TPSA) is 61.2 Å². The van der Waals surface area contributed by atoms with Crippen LogP contribution in [0.25, 0.3) is 0 Å². The molecule has 0 spiro atoms. The number of para-hydroxylation sites is 1. The lowest BCUT2D eigenvalue weighted by molar-refractivity contribution is 0.591. The van der Waals surface area contributed by atoms with E-state index in [-0.39, 0.29) is 12.4 Å². The lowest BCUT2D eigenvalue weighted by Gasteiger charge is -2.38. The van der Waals surface area contributed by atoms with Crippen molar-refractivity contribution in [3.05, 3.63) is 77.7 Å². The summed E-state index contributed by atoms with van der Waals surface area (Å²) in [7, 11) is 0. The number of nitrogens with zero attached hydrogens (tertiary/aromatic N) is 4. The molecule has 1 aliphatic rings. The maximum Gasteiger partial charge on any atom is 0.133 e. The molecule has 5 nitrogen and oxygen atoms in total. The first-order valence-electron chi connectivity index (χ1n) is 9.35. The zero-order valence-corrected chi connectivity index (χ0v) is 15.6. The number of benzene rings is 2. The molecular weight excluding hydrogens is 353 g/mol. The molecule has 3 aromatic rings. The van der Waals surface area contributed by atoms with Crippen molar-refractivity contribution in [3.8, 4) is 6.07 Å². The van der Waals surface area contributed by atoms with Gasteiger partial charge in [-0.05, 0) is 24.3 Å². The summed E-state index contributed by atoms with van der Waals surface area (Å²) < 4.78 is 16.0. The van der Waals surface area contributed by atoms with E-state index in [0.29, 0.717) is 16.9 Å². The smallest absolute Gasteiger partial charge is 0.133 e. The van der Waals surface area contributed by atoms with Gasteiger partial charge in [-0.25, -0.2) is 4.39 Å². The summed E-state index contributed by atoms with van der Waals surface area (Å²) >= 11 is 0. The van der Waals surface area contributed by atoms with Gasteiger partial charge < -0.3 is 20.1 Å². The average molecular weight is 375 g/mol. The quantitative estimate of drug-likeness (QED) is 0.759. The number of aromatic nitrogens is 1. The van der Waals surface area contributed by atoms with Crippen molar-refractivity contribution in [2.45, 2.75) is 6.54 Å². The third-order valence-corrected chi connectivity index (χ3v) is 5.20. The van der Waals surface area contributed by atoms with Crippen molar-refractivity contribution < 1.29 is 4.39 Å². The summed E-state index contributed by atoms with van der Waals surface area (Å²) in [4.78, 5) is 4.53. The Bertz CT molecular complexity index is 998. The highest BCUT2D eigenvalue weighted by Crippen LogP contribution is 2.30. The lowest BCUT2D eigenvalue weighted by atomic mass is 10.2.